The number of amides is 1. The molecule has 1 unspecified atom stereocenters. The molecule has 2 aromatic carbocycles. The first-order valence-electron chi connectivity index (χ1n) is 10.1. The number of nitro benzene ring substituents is 1. The number of carbonyl (C=O) groups is 2. The van der Waals surface area contributed by atoms with Gasteiger partial charge in [0.05, 0.1) is 29.8 Å². The molecule has 1 amide bonds. The molecule has 0 radical (unpaired) electrons. The van der Waals surface area contributed by atoms with Gasteiger partial charge in [0.15, 0.2) is 0 Å². The topological polar surface area (TPSA) is 119 Å². The molecule has 168 valence electrons. The number of nitrogens with zero attached hydrogens (tertiary/aromatic N) is 2. The van der Waals surface area contributed by atoms with Crippen molar-refractivity contribution in [1.29, 1.82) is 0 Å². The van der Waals surface area contributed by atoms with Crippen molar-refractivity contribution >= 4 is 23.1 Å². The normalized spacial score (nSPS) is 17.6. The smallest absolute Gasteiger partial charge is 0.295 e. The van der Waals surface area contributed by atoms with Gasteiger partial charge in [0.1, 0.15) is 11.5 Å². The average molecular weight is 440 g/mol. The lowest BCUT2D eigenvalue weighted by Crippen LogP contribution is -2.32. The van der Waals surface area contributed by atoms with Crippen LogP contribution in [0.15, 0.2) is 54.1 Å². The summed E-state index contributed by atoms with van der Waals surface area (Å²) in [6, 6.07) is 11.3. The number of methoxy groups -OCH3 is 1. The van der Waals surface area contributed by atoms with Gasteiger partial charge in [-0.3, -0.25) is 19.7 Å². The first-order chi connectivity index (χ1) is 15.4. The predicted molar refractivity (Wildman–Crippen MR) is 116 cm³/mol. The van der Waals surface area contributed by atoms with Crippen LogP contribution < -0.4 is 4.74 Å². The average Bonchev–Trinajstić information content (AvgIpc) is 3.06. The zero-order chi connectivity index (χ0) is 23.3. The van der Waals surface area contributed by atoms with Crippen molar-refractivity contribution < 1.29 is 29.1 Å². The van der Waals surface area contributed by atoms with Crippen molar-refractivity contribution in [1.82, 2.24) is 4.90 Å². The Morgan fingerprint density at radius 2 is 1.75 bits per heavy atom. The van der Waals surface area contributed by atoms with Crippen LogP contribution in [0, 0.1) is 10.1 Å². The molecule has 1 aliphatic heterocycles. The third kappa shape index (κ3) is 4.62. The minimum atomic E-state index is -0.833. The number of likely N-dealkylation sites (tertiary alicyclic amines) is 1. The third-order valence-corrected chi connectivity index (χ3v) is 5.10. The zero-order valence-electron chi connectivity index (χ0n) is 17.8. The summed E-state index contributed by atoms with van der Waals surface area (Å²) < 4.78 is 10.7. The van der Waals surface area contributed by atoms with Crippen molar-refractivity contribution in [2.75, 3.05) is 26.9 Å². The minimum Gasteiger partial charge on any atom is -0.507 e. The Kier molecular flexibility index (Phi) is 7.21. The molecule has 9 nitrogen and oxygen atoms in total. The Bertz CT molecular complexity index is 1030. The van der Waals surface area contributed by atoms with Crippen molar-refractivity contribution in [3.05, 3.63) is 75.3 Å². The van der Waals surface area contributed by atoms with E-state index in [2.05, 4.69) is 0 Å². The number of non-ortho nitro benzene ring substituents is 1. The zero-order valence-corrected chi connectivity index (χ0v) is 17.8. The van der Waals surface area contributed by atoms with Crippen molar-refractivity contribution in [2.45, 2.75) is 19.4 Å². The third-order valence-electron chi connectivity index (χ3n) is 5.10. The van der Waals surface area contributed by atoms with Gasteiger partial charge in [0.25, 0.3) is 17.4 Å². The molecule has 0 saturated carbocycles. The minimum absolute atomic E-state index is 0.0813. The lowest BCUT2D eigenvalue weighted by molar-refractivity contribution is -0.384. The summed E-state index contributed by atoms with van der Waals surface area (Å²) in [5, 5.41) is 21.8. The van der Waals surface area contributed by atoms with Gasteiger partial charge in [-0.1, -0.05) is 19.1 Å². The molecule has 9 heteroatoms. The number of hydrogen-bond acceptors (Lipinski definition) is 7. The van der Waals surface area contributed by atoms with Crippen LogP contribution in [-0.2, 0) is 14.3 Å². The number of aliphatic hydroxyl groups excluding tert-OH is 1. The molecule has 1 atom stereocenters. The molecule has 1 saturated heterocycles. The van der Waals surface area contributed by atoms with Gasteiger partial charge in [-0.05, 0) is 36.2 Å². The summed E-state index contributed by atoms with van der Waals surface area (Å²) in [7, 11) is 1.49. The van der Waals surface area contributed by atoms with E-state index in [0.29, 0.717) is 17.9 Å². The summed E-state index contributed by atoms with van der Waals surface area (Å²) in [6.07, 6.45) is 0.855. The summed E-state index contributed by atoms with van der Waals surface area (Å²) in [6.45, 7) is 2.91. The van der Waals surface area contributed by atoms with Gasteiger partial charge in [-0.25, -0.2) is 0 Å². The quantitative estimate of drug-likeness (QED) is 0.208. The van der Waals surface area contributed by atoms with E-state index in [4.69, 9.17) is 9.47 Å². The molecule has 0 spiro atoms. The summed E-state index contributed by atoms with van der Waals surface area (Å²) in [4.78, 5) is 37.3. The monoisotopic (exact) mass is 440 g/mol. The second kappa shape index (κ2) is 10.1. The van der Waals surface area contributed by atoms with Gasteiger partial charge < -0.3 is 19.5 Å². The van der Waals surface area contributed by atoms with Gasteiger partial charge >= 0.3 is 0 Å². The fourth-order valence-electron chi connectivity index (χ4n) is 3.51. The van der Waals surface area contributed by atoms with Crippen molar-refractivity contribution in [2.24, 2.45) is 0 Å². The summed E-state index contributed by atoms with van der Waals surface area (Å²) in [5.41, 5.74) is 0.587. The number of carbonyl (C=O) groups excluding carboxylic acids is 2. The van der Waals surface area contributed by atoms with Crippen LogP contribution >= 0.6 is 0 Å². The number of benzene rings is 2. The first-order valence-corrected chi connectivity index (χ1v) is 10.1. The highest BCUT2D eigenvalue weighted by atomic mass is 16.6. The van der Waals surface area contributed by atoms with Crippen molar-refractivity contribution in [3.8, 4) is 5.75 Å². The second-order valence-corrected chi connectivity index (χ2v) is 7.21. The van der Waals surface area contributed by atoms with E-state index in [1.807, 2.05) is 6.92 Å². The number of nitro groups is 1. The lowest BCUT2D eigenvalue weighted by atomic mass is 9.95. The van der Waals surface area contributed by atoms with E-state index in [0.717, 1.165) is 6.42 Å². The molecule has 2 aromatic rings. The number of ketones is 1. The number of hydrogen-bond donors (Lipinski definition) is 1. The summed E-state index contributed by atoms with van der Waals surface area (Å²) >= 11 is 0. The highest BCUT2D eigenvalue weighted by molar-refractivity contribution is 6.46. The molecule has 1 N–H and O–H groups in total. The Labute approximate surface area is 185 Å². The Morgan fingerprint density at radius 1 is 1.09 bits per heavy atom. The standard InChI is InChI=1S/C23H24N2O7/c1-3-13-32-18-10-6-15(7-11-18)20-19(22(27)23(28)24(20)12-14-31-2)21(26)16-4-8-17(9-5-16)25(29)30/h4-11,20,26H,3,12-14H2,1-2H3/b21-19-. The first kappa shape index (κ1) is 23.0. The summed E-state index contributed by atoms with van der Waals surface area (Å²) in [5.74, 6) is -1.32. The van der Waals surface area contributed by atoms with E-state index < -0.39 is 28.4 Å². The molecule has 3 rings (SSSR count). The number of Topliss-reactive ketones (excluding diaryl/α,β-unsaturated/α-hetero) is 1. The predicted octanol–water partition coefficient (Wildman–Crippen LogP) is 3.45. The fourth-order valence-corrected chi connectivity index (χ4v) is 3.51. The van der Waals surface area contributed by atoms with E-state index in [1.54, 1.807) is 24.3 Å². The Balaban J connectivity index is 2.06. The van der Waals surface area contributed by atoms with Crippen molar-refractivity contribution in [3.63, 3.8) is 0 Å². The van der Waals surface area contributed by atoms with Gasteiger partial charge in [0, 0.05) is 31.4 Å². The molecule has 1 fully saturated rings. The molecule has 32 heavy (non-hydrogen) atoms. The van der Waals surface area contributed by atoms with E-state index in [1.165, 1.54) is 36.3 Å². The molecule has 0 bridgehead atoms. The molecule has 0 aliphatic carbocycles. The SMILES string of the molecule is CCCOc1ccc(C2/C(=C(/O)c3ccc([N+](=O)[O-])cc3)C(=O)C(=O)N2CCOC)cc1. The largest absolute Gasteiger partial charge is 0.507 e. The van der Waals surface area contributed by atoms with E-state index in [-0.39, 0.29) is 30.0 Å². The number of aliphatic hydroxyl groups is 1. The highest BCUT2D eigenvalue weighted by Gasteiger charge is 2.45. The fraction of sp³-hybridized carbons (Fsp3) is 0.304. The van der Waals surface area contributed by atoms with Crippen LogP contribution in [0.3, 0.4) is 0 Å². The molecule has 1 heterocycles. The maximum atomic E-state index is 12.9. The maximum Gasteiger partial charge on any atom is 0.295 e. The molecular weight excluding hydrogens is 416 g/mol. The van der Waals surface area contributed by atoms with Crippen LogP contribution in [0.4, 0.5) is 5.69 Å². The van der Waals surface area contributed by atoms with Crippen LogP contribution in [0.25, 0.3) is 5.76 Å². The van der Waals surface area contributed by atoms with Gasteiger partial charge in [0.2, 0.25) is 0 Å². The number of ether oxygens (including phenoxy) is 2. The van der Waals surface area contributed by atoms with Crippen LogP contribution in [0.5, 0.6) is 5.75 Å². The lowest BCUT2D eigenvalue weighted by Gasteiger charge is -2.25. The van der Waals surface area contributed by atoms with Crippen LogP contribution in [0.1, 0.15) is 30.5 Å². The van der Waals surface area contributed by atoms with Gasteiger partial charge in [-0.15, -0.1) is 0 Å². The highest BCUT2D eigenvalue weighted by Crippen LogP contribution is 2.39. The maximum absolute atomic E-state index is 12.9. The number of rotatable bonds is 9. The Morgan fingerprint density at radius 3 is 2.31 bits per heavy atom. The molecule has 0 aromatic heterocycles. The van der Waals surface area contributed by atoms with Gasteiger partial charge in [-0.2, -0.15) is 0 Å². The van der Waals surface area contributed by atoms with E-state index >= 15 is 0 Å². The molecular formula is C23H24N2O7. The van der Waals surface area contributed by atoms with E-state index in [9.17, 15) is 24.8 Å². The Hall–Kier alpha value is -3.72. The van der Waals surface area contributed by atoms with Crippen LogP contribution in [0.2, 0.25) is 0 Å². The molecule has 1 aliphatic rings. The second-order valence-electron chi connectivity index (χ2n) is 7.21. The van der Waals surface area contributed by atoms with Crippen LogP contribution in [-0.4, -0.2) is 53.5 Å².